The van der Waals surface area contributed by atoms with E-state index in [2.05, 4.69) is 30.5 Å². The second kappa shape index (κ2) is 13.0. The van der Waals surface area contributed by atoms with Crippen molar-refractivity contribution in [3.05, 3.63) is 77.2 Å². The molecule has 2 aliphatic rings. The largest absolute Gasteiger partial charge is 0.490 e. The summed E-state index contributed by atoms with van der Waals surface area (Å²) in [6.07, 6.45) is 0.186. The van der Waals surface area contributed by atoms with Crippen LogP contribution >= 0.6 is 11.6 Å². The van der Waals surface area contributed by atoms with Gasteiger partial charge < -0.3 is 25.5 Å². The molecule has 0 radical (unpaired) electrons. The van der Waals surface area contributed by atoms with E-state index in [-0.39, 0.29) is 5.78 Å². The molecule has 2 aliphatic heterocycles. The number of ether oxygens (including phenoxy) is 1. The maximum atomic E-state index is 13.6. The fourth-order valence-corrected chi connectivity index (χ4v) is 5.15. The number of hydrogen-bond acceptors (Lipinski definition) is 8. The smallest absolute Gasteiger partial charge is 0.475 e. The lowest BCUT2D eigenvalue weighted by Crippen LogP contribution is -2.59. The number of ketones is 1. The van der Waals surface area contributed by atoms with Crippen LogP contribution in [0.25, 0.3) is 11.0 Å². The van der Waals surface area contributed by atoms with Gasteiger partial charge in [0.25, 0.3) is 0 Å². The number of aromatic nitrogens is 3. The van der Waals surface area contributed by atoms with Gasteiger partial charge in [0.2, 0.25) is 0 Å². The number of carboxylic acids is 1. The normalized spacial score (nSPS) is 16.2. The monoisotopic (exact) mass is 616 g/mol. The third kappa shape index (κ3) is 7.24. The summed E-state index contributed by atoms with van der Waals surface area (Å²) < 4.78 is 37.6. The highest BCUT2D eigenvalue weighted by Gasteiger charge is 2.38. The van der Waals surface area contributed by atoms with Gasteiger partial charge >= 0.3 is 12.1 Å². The number of H-pyrrole nitrogens is 1. The Morgan fingerprint density at radius 2 is 1.72 bits per heavy atom. The van der Waals surface area contributed by atoms with Crippen molar-refractivity contribution in [1.82, 2.24) is 25.2 Å². The molecular formula is C29H28ClF3N6O4. The van der Waals surface area contributed by atoms with Gasteiger partial charge in [-0.3, -0.25) is 9.69 Å². The molecule has 10 nitrogen and oxygen atoms in total. The highest BCUT2D eigenvalue weighted by molar-refractivity contribution is 6.35. The number of para-hydroxylation sites is 1. The number of carboxylic acid groups (broad SMARTS) is 1. The van der Waals surface area contributed by atoms with Gasteiger partial charge in [-0.15, -0.1) is 0 Å². The molecule has 43 heavy (non-hydrogen) atoms. The van der Waals surface area contributed by atoms with Crippen LogP contribution in [0, 0.1) is 0 Å². The van der Waals surface area contributed by atoms with Crippen molar-refractivity contribution in [3.63, 3.8) is 0 Å². The number of nitrogens with one attached hydrogen (secondary N) is 3. The number of halogens is 4. The molecule has 4 N–H and O–H groups in total. The number of nitrogens with zero attached hydrogens (tertiary/aromatic N) is 3. The zero-order chi connectivity index (χ0) is 30.6. The molecule has 2 aromatic carbocycles. The van der Waals surface area contributed by atoms with Gasteiger partial charge in [-0.25, -0.2) is 14.8 Å². The third-order valence-corrected chi connectivity index (χ3v) is 7.58. The van der Waals surface area contributed by atoms with Gasteiger partial charge in [-0.05, 0) is 37.1 Å². The Hall–Kier alpha value is -4.20. The Labute approximate surface area is 249 Å². The van der Waals surface area contributed by atoms with Crippen molar-refractivity contribution >= 4 is 40.2 Å². The Morgan fingerprint density at radius 1 is 1.02 bits per heavy atom. The van der Waals surface area contributed by atoms with Crippen molar-refractivity contribution in [2.24, 2.45) is 0 Å². The summed E-state index contributed by atoms with van der Waals surface area (Å²) in [5, 5.41) is 15.1. The molecule has 0 atom stereocenters. The summed E-state index contributed by atoms with van der Waals surface area (Å²) in [5.41, 5.74) is 1.51. The van der Waals surface area contributed by atoms with Gasteiger partial charge in [0.15, 0.2) is 5.78 Å². The third-order valence-electron chi connectivity index (χ3n) is 7.27. The van der Waals surface area contributed by atoms with E-state index in [0.29, 0.717) is 56.6 Å². The maximum Gasteiger partial charge on any atom is 0.490 e. The van der Waals surface area contributed by atoms with E-state index in [1.54, 1.807) is 24.4 Å². The first-order chi connectivity index (χ1) is 20.6. The van der Waals surface area contributed by atoms with Crippen LogP contribution in [0.1, 0.15) is 28.8 Å². The molecule has 0 bridgehead atoms. The predicted molar refractivity (Wildman–Crippen MR) is 154 cm³/mol. The number of aromatic amines is 1. The molecule has 0 saturated carbocycles. The molecule has 2 saturated heterocycles. The maximum absolute atomic E-state index is 13.6. The van der Waals surface area contributed by atoms with Crippen molar-refractivity contribution in [2.45, 2.75) is 31.1 Å². The van der Waals surface area contributed by atoms with E-state index in [1.165, 1.54) is 6.33 Å². The topological polar surface area (TPSA) is 132 Å². The number of alkyl halides is 3. The second-order valence-electron chi connectivity index (χ2n) is 10.1. The number of rotatable bonds is 7. The lowest BCUT2D eigenvalue weighted by Gasteiger charge is -2.42. The minimum absolute atomic E-state index is 0.192. The standard InChI is InChI=1S/C27H27ClN6O2.C2HF3O2/c28-23-12-20(36-19-4-2-1-3-5-19)6-7-21(23)25(35)22-15-30-26-24(22)27(32-16-31-26)33-17-8-10-34(11-9-17)18-13-29-14-18;3-2(4,5)1(6)7/h1-7,12,15-18,29H,8-11,13-14H2,(H2,30,31,32,33);(H,6,7). The van der Waals surface area contributed by atoms with Crippen LogP contribution in [-0.4, -0.2) is 81.1 Å². The zero-order valence-corrected chi connectivity index (χ0v) is 23.5. The molecule has 0 aliphatic carbocycles. The first kappa shape index (κ1) is 30.3. The summed E-state index contributed by atoms with van der Waals surface area (Å²) in [4.78, 5) is 37.0. The number of carbonyl (C=O) groups excluding carboxylic acids is 1. The van der Waals surface area contributed by atoms with Crippen molar-refractivity contribution in [1.29, 1.82) is 0 Å². The molecular weight excluding hydrogens is 589 g/mol. The fourth-order valence-electron chi connectivity index (χ4n) is 4.90. The van der Waals surface area contributed by atoms with Crippen LogP contribution in [0.4, 0.5) is 19.0 Å². The van der Waals surface area contributed by atoms with Crippen molar-refractivity contribution in [2.75, 3.05) is 31.5 Å². The Bertz CT molecular complexity index is 1590. The molecule has 14 heteroatoms. The highest BCUT2D eigenvalue weighted by Crippen LogP contribution is 2.32. The van der Waals surface area contributed by atoms with E-state index in [1.807, 2.05) is 30.3 Å². The fraction of sp³-hybridized carbons (Fsp3) is 0.310. The lowest BCUT2D eigenvalue weighted by atomic mass is 10.00. The highest BCUT2D eigenvalue weighted by atomic mass is 35.5. The predicted octanol–water partition coefficient (Wildman–Crippen LogP) is 5.12. The molecule has 4 heterocycles. The average Bonchev–Trinajstić information content (AvgIpc) is 3.39. The van der Waals surface area contributed by atoms with Gasteiger partial charge in [-0.1, -0.05) is 29.8 Å². The summed E-state index contributed by atoms with van der Waals surface area (Å²) in [6, 6.07) is 15.5. The number of anilines is 1. The van der Waals surface area contributed by atoms with Gasteiger partial charge in [0.05, 0.1) is 16.0 Å². The summed E-state index contributed by atoms with van der Waals surface area (Å²) in [5.74, 6) is -1.01. The Balaban J connectivity index is 0.000000472. The van der Waals surface area contributed by atoms with Crippen LogP contribution in [-0.2, 0) is 4.79 Å². The number of aliphatic carboxylic acids is 1. The van der Waals surface area contributed by atoms with Crippen LogP contribution in [0.2, 0.25) is 5.02 Å². The summed E-state index contributed by atoms with van der Waals surface area (Å²) >= 11 is 6.54. The molecule has 2 fully saturated rings. The van der Waals surface area contributed by atoms with E-state index in [0.717, 1.165) is 39.0 Å². The molecule has 0 unspecified atom stereocenters. The minimum atomic E-state index is -5.08. The van der Waals surface area contributed by atoms with Crippen molar-refractivity contribution < 1.29 is 32.6 Å². The number of carbonyl (C=O) groups is 2. The molecule has 6 rings (SSSR count). The number of benzene rings is 2. The van der Waals surface area contributed by atoms with E-state index in [9.17, 15) is 18.0 Å². The first-order valence-corrected chi connectivity index (χ1v) is 13.9. The molecule has 4 aromatic rings. The van der Waals surface area contributed by atoms with E-state index in [4.69, 9.17) is 26.2 Å². The zero-order valence-electron chi connectivity index (χ0n) is 22.7. The lowest BCUT2D eigenvalue weighted by molar-refractivity contribution is -0.192. The number of hydrogen-bond donors (Lipinski definition) is 4. The molecule has 2 aromatic heterocycles. The number of fused-ring (bicyclic) bond motifs is 1. The molecule has 0 amide bonds. The van der Waals surface area contributed by atoms with Crippen molar-refractivity contribution in [3.8, 4) is 11.5 Å². The molecule has 0 spiro atoms. The van der Waals surface area contributed by atoms with Crippen LogP contribution < -0.4 is 15.4 Å². The van der Waals surface area contributed by atoms with Crippen LogP contribution in [0.15, 0.2) is 61.1 Å². The SMILES string of the molecule is O=C(O)C(F)(F)F.O=C(c1ccc(Oc2ccccc2)cc1Cl)c1c[nH]c2ncnc(NC3CCN(C4CNC4)CC3)c12. The second-order valence-corrected chi connectivity index (χ2v) is 10.5. The Morgan fingerprint density at radius 3 is 2.33 bits per heavy atom. The van der Waals surface area contributed by atoms with Gasteiger partial charge in [0.1, 0.15) is 29.3 Å². The Kier molecular flexibility index (Phi) is 9.14. The summed E-state index contributed by atoms with van der Waals surface area (Å²) in [7, 11) is 0. The van der Waals surface area contributed by atoms with Gasteiger partial charge in [0, 0.05) is 56.1 Å². The molecule has 226 valence electrons. The quantitative estimate of drug-likeness (QED) is 0.209. The number of likely N-dealkylation sites (tertiary alicyclic amines) is 1. The van der Waals surface area contributed by atoms with E-state index < -0.39 is 12.1 Å². The minimum Gasteiger partial charge on any atom is -0.475 e. The summed E-state index contributed by atoms with van der Waals surface area (Å²) in [6.45, 7) is 4.29. The van der Waals surface area contributed by atoms with E-state index >= 15 is 0 Å². The average molecular weight is 617 g/mol. The number of piperidine rings is 1. The van der Waals surface area contributed by atoms with Gasteiger partial charge in [-0.2, -0.15) is 13.2 Å². The van der Waals surface area contributed by atoms with Crippen LogP contribution in [0.5, 0.6) is 11.5 Å². The first-order valence-electron chi connectivity index (χ1n) is 13.5. The van der Waals surface area contributed by atoms with Crippen LogP contribution in [0.3, 0.4) is 0 Å².